The van der Waals surface area contributed by atoms with Gasteiger partial charge in [0.15, 0.2) is 0 Å². The summed E-state index contributed by atoms with van der Waals surface area (Å²) >= 11 is 0. The van der Waals surface area contributed by atoms with Gasteiger partial charge in [0.05, 0.1) is 11.2 Å². The fraction of sp³-hybridized carbons (Fsp3) is 0.150. The van der Waals surface area contributed by atoms with Gasteiger partial charge in [-0.15, -0.1) is 0 Å². The first-order valence-electron chi connectivity index (χ1n) is 8.08. The van der Waals surface area contributed by atoms with Crippen molar-refractivity contribution in [1.82, 2.24) is 19.5 Å². The van der Waals surface area contributed by atoms with E-state index in [-0.39, 0.29) is 0 Å². The minimum absolute atomic E-state index is 0.782. The van der Waals surface area contributed by atoms with Gasteiger partial charge in [0, 0.05) is 43.2 Å². The van der Waals surface area contributed by atoms with Crippen molar-refractivity contribution in [1.29, 1.82) is 0 Å². The Morgan fingerprint density at radius 2 is 1.67 bits per heavy atom. The van der Waals surface area contributed by atoms with Crippen molar-refractivity contribution >= 4 is 10.9 Å². The molecule has 0 aliphatic heterocycles. The molecule has 2 aromatic heterocycles. The summed E-state index contributed by atoms with van der Waals surface area (Å²) in [7, 11) is 2.04. The van der Waals surface area contributed by atoms with Gasteiger partial charge in [-0.3, -0.25) is 0 Å². The first-order chi connectivity index (χ1) is 11.8. The van der Waals surface area contributed by atoms with Gasteiger partial charge in [-0.05, 0) is 6.07 Å². The van der Waals surface area contributed by atoms with Crippen LogP contribution >= 0.6 is 0 Å². The molecule has 0 aliphatic rings. The van der Waals surface area contributed by atoms with E-state index in [4.69, 9.17) is 4.98 Å². The highest BCUT2D eigenvalue weighted by molar-refractivity contribution is 5.77. The van der Waals surface area contributed by atoms with Crippen LogP contribution in [0.1, 0.15) is 11.6 Å². The van der Waals surface area contributed by atoms with E-state index in [0.29, 0.717) is 0 Å². The van der Waals surface area contributed by atoms with Gasteiger partial charge in [-0.2, -0.15) is 0 Å². The SMILES string of the molecule is Cn1cc(-c2ccccc2)nc1CCc1ncc2ccccc2n1. The van der Waals surface area contributed by atoms with Crippen LogP contribution in [0.3, 0.4) is 0 Å². The number of rotatable bonds is 4. The number of nitrogens with zero attached hydrogens (tertiary/aromatic N) is 4. The third-order valence-corrected chi connectivity index (χ3v) is 4.15. The Morgan fingerprint density at radius 1 is 0.875 bits per heavy atom. The molecular weight excluding hydrogens is 296 g/mol. The monoisotopic (exact) mass is 314 g/mol. The Kier molecular flexibility index (Phi) is 3.79. The van der Waals surface area contributed by atoms with Crippen LogP contribution < -0.4 is 0 Å². The fourth-order valence-corrected chi connectivity index (χ4v) is 2.84. The molecule has 4 rings (SSSR count). The predicted molar refractivity (Wildman–Crippen MR) is 95.6 cm³/mol. The van der Waals surface area contributed by atoms with E-state index in [1.165, 1.54) is 0 Å². The third kappa shape index (κ3) is 2.91. The fourth-order valence-electron chi connectivity index (χ4n) is 2.84. The standard InChI is InChI=1S/C20H18N4/c1-24-14-18(15-7-3-2-4-8-15)23-20(24)12-11-19-21-13-16-9-5-6-10-17(16)22-19/h2-10,13-14H,11-12H2,1H3. The smallest absolute Gasteiger partial charge is 0.129 e. The molecule has 0 atom stereocenters. The van der Waals surface area contributed by atoms with Gasteiger partial charge < -0.3 is 4.57 Å². The lowest BCUT2D eigenvalue weighted by atomic mass is 10.2. The molecule has 4 aromatic rings. The topological polar surface area (TPSA) is 43.6 Å². The first-order valence-corrected chi connectivity index (χ1v) is 8.08. The van der Waals surface area contributed by atoms with Crippen LogP contribution in [0.5, 0.6) is 0 Å². The average Bonchev–Trinajstić information content (AvgIpc) is 3.01. The summed E-state index contributed by atoms with van der Waals surface area (Å²) in [4.78, 5) is 13.9. The molecule has 2 aromatic carbocycles. The first kappa shape index (κ1) is 14.6. The molecule has 0 saturated heterocycles. The summed E-state index contributed by atoms with van der Waals surface area (Å²) in [6.07, 6.45) is 5.57. The lowest BCUT2D eigenvalue weighted by Crippen LogP contribution is -2.03. The molecule has 118 valence electrons. The van der Waals surface area contributed by atoms with E-state index in [9.17, 15) is 0 Å². The van der Waals surface area contributed by atoms with Crippen molar-refractivity contribution in [3.8, 4) is 11.3 Å². The highest BCUT2D eigenvalue weighted by Gasteiger charge is 2.08. The van der Waals surface area contributed by atoms with E-state index >= 15 is 0 Å². The molecule has 0 radical (unpaired) electrons. The van der Waals surface area contributed by atoms with Crippen molar-refractivity contribution in [3.05, 3.63) is 78.6 Å². The number of fused-ring (bicyclic) bond motifs is 1. The number of benzene rings is 2. The van der Waals surface area contributed by atoms with E-state index in [1.807, 2.05) is 55.7 Å². The Bertz CT molecular complexity index is 973. The molecule has 0 spiro atoms. The molecule has 0 bridgehead atoms. The highest BCUT2D eigenvalue weighted by Crippen LogP contribution is 2.18. The maximum atomic E-state index is 4.76. The molecule has 0 fully saturated rings. The van der Waals surface area contributed by atoms with Crippen molar-refractivity contribution in [3.63, 3.8) is 0 Å². The maximum Gasteiger partial charge on any atom is 0.129 e. The lowest BCUT2D eigenvalue weighted by Gasteiger charge is -2.02. The third-order valence-electron chi connectivity index (χ3n) is 4.15. The van der Waals surface area contributed by atoms with Gasteiger partial charge in [0.1, 0.15) is 11.6 Å². The van der Waals surface area contributed by atoms with Crippen molar-refractivity contribution < 1.29 is 0 Å². The van der Waals surface area contributed by atoms with E-state index in [0.717, 1.165) is 46.7 Å². The van der Waals surface area contributed by atoms with E-state index in [2.05, 4.69) is 32.9 Å². The highest BCUT2D eigenvalue weighted by atomic mass is 15.0. The maximum absolute atomic E-state index is 4.76. The number of aryl methyl sites for hydroxylation is 3. The minimum Gasteiger partial charge on any atom is -0.337 e. The Morgan fingerprint density at radius 3 is 2.54 bits per heavy atom. The second-order valence-electron chi connectivity index (χ2n) is 5.86. The van der Waals surface area contributed by atoms with Gasteiger partial charge in [0.25, 0.3) is 0 Å². The minimum atomic E-state index is 0.782. The molecule has 0 N–H and O–H groups in total. The Labute approximate surface area is 140 Å². The molecule has 0 unspecified atom stereocenters. The van der Waals surface area contributed by atoms with Crippen LogP contribution in [-0.2, 0) is 19.9 Å². The van der Waals surface area contributed by atoms with Gasteiger partial charge >= 0.3 is 0 Å². The lowest BCUT2D eigenvalue weighted by molar-refractivity contribution is 0.750. The van der Waals surface area contributed by atoms with Gasteiger partial charge in [-0.1, -0.05) is 48.5 Å². The number of hydrogen-bond donors (Lipinski definition) is 0. The largest absolute Gasteiger partial charge is 0.337 e. The summed E-state index contributed by atoms with van der Waals surface area (Å²) in [6, 6.07) is 18.3. The summed E-state index contributed by atoms with van der Waals surface area (Å²) in [5, 5.41) is 1.07. The second-order valence-corrected chi connectivity index (χ2v) is 5.86. The molecule has 24 heavy (non-hydrogen) atoms. The van der Waals surface area contributed by atoms with Crippen LogP contribution in [-0.4, -0.2) is 19.5 Å². The normalized spacial score (nSPS) is 11.0. The van der Waals surface area contributed by atoms with Gasteiger partial charge in [0.2, 0.25) is 0 Å². The van der Waals surface area contributed by atoms with Crippen LogP contribution in [0.15, 0.2) is 67.0 Å². The summed E-state index contributed by atoms with van der Waals surface area (Å²) in [5.74, 6) is 1.91. The zero-order valence-electron chi connectivity index (χ0n) is 13.6. The van der Waals surface area contributed by atoms with Crippen LogP contribution in [0.2, 0.25) is 0 Å². The molecule has 2 heterocycles. The molecule has 0 saturated carbocycles. The quantitative estimate of drug-likeness (QED) is 0.575. The number of imidazole rings is 1. The number of aromatic nitrogens is 4. The Balaban J connectivity index is 1.54. The zero-order chi connectivity index (χ0) is 16.4. The number of hydrogen-bond acceptors (Lipinski definition) is 3. The summed E-state index contributed by atoms with van der Waals surface area (Å²) in [5.41, 5.74) is 3.14. The van der Waals surface area contributed by atoms with Crippen molar-refractivity contribution in [2.75, 3.05) is 0 Å². The van der Waals surface area contributed by atoms with Crippen LogP contribution in [0, 0.1) is 0 Å². The van der Waals surface area contributed by atoms with Crippen LogP contribution in [0.4, 0.5) is 0 Å². The van der Waals surface area contributed by atoms with Crippen LogP contribution in [0.25, 0.3) is 22.2 Å². The molecule has 0 amide bonds. The molecular formula is C20H18N4. The summed E-state index contributed by atoms with van der Waals surface area (Å²) in [6.45, 7) is 0. The van der Waals surface area contributed by atoms with Crippen molar-refractivity contribution in [2.45, 2.75) is 12.8 Å². The average molecular weight is 314 g/mol. The second kappa shape index (κ2) is 6.24. The van der Waals surface area contributed by atoms with Crippen molar-refractivity contribution in [2.24, 2.45) is 7.05 Å². The Hall–Kier alpha value is -3.01. The molecule has 0 aliphatic carbocycles. The summed E-state index contributed by atoms with van der Waals surface area (Å²) < 4.78 is 2.09. The van der Waals surface area contributed by atoms with E-state index < -0.39 is 0 Å². The zero-order valence-corrected chi connectivity index (χ0v) is 13.6. The predicted octanol–water partition coefficient (Wildman–Crippen LogP) is 3.82. The van der Waals surface area contributed by atoms with E-state index in [1.54, 1.807) is 0 Å². The molecule has 4 heteroatoms. The molecule has 4 nitrogen and oxygen atoms in total. The number of para-hydroxylation sites is 1. The van der Waals surface area contributed by atoms with Gasteiger partial charge in [-0.25, -0.2) is 15.0 Å².